The van der Waals surface area contributed by atoms with Crippen molar-refractivity contribution in [1.29, 1.82) is 0 Å². The Morgan fingerprint density at radius 3 is 2.76 bits per heavy atom. The molecule has 1 atom stereocenters. The number of hydrogen-bond acceptors (Lipinski definition) is 8. The van der Waals surface area contributed by atoms with Crippen LogP contribution >= 0.6 is 0 Å². The molecule has 0 unspecified atom stereocenters. The molecule has 9 heteroatoms. The number of rotatable bonds is 8. The van der Waals surface area contributed by atoms with Gasteiger partial charge in [-0.2, -0.15) is 0 Å². The van der Waals surface area contributed by atoms with Crippen molar-refractivity contribution in [3.63, 3.8) is 0 Å². The highest BCUT2D eigenvalue weighted by molar-refractivity contribution is 5.93. The number of ether oxygens (including phenoxy) is 4. The predicted octanol–water partition coefficient (Wildman–Crippen LogP) is 2.38. The van der Waals surface area contributed by atoms with Crippen LogP contribution in [0.15, 0.2) is 27.4 Å². The van der Waals surface area contributed by atoms with Gasteiger partial charge in [0.15, 0.2) is 0 Å². The lowest BCUT2D eigenvalue weighted by molar-refractivity contribution is -0.0114. The van der Waals surface area contributed by atoms with Gasteiger partial charge in [0.25, 0.3) is 5.56 Å². The Labute approximate surface area is 193 Å². The quantitative estimate of drug-likeness (QED) is 0.555. The van der Waals surface area contributed by atoms with Gasteiger partial charge in [-0.1, -0.05) is 0 Å². The third-order valence-corrected chi connectivity index (χ3v) is 6.16. The molecule has 0 amide bonds. The van der Waals surface area contributed by atoms with Gasteiger partial charge in [-0.25, -0.2) is 4.79 Å². The van der Waals surface area contributed by atoms with E-state index in [-0.39, 0.29) is 17.4 Å². The maximum absolute atomic E-state index is 12.9. The molecule has 4 heterocycles. The Hall–Kier alpha value is -2.62. The monoisotopic (exact) mass is 460 g/mol. The highest BCUT2D eigenvalue weighted by atomic mass is 16.5. The summed E-state index contributed by atoms with van der Waals surface area (Å²) in [5, 5.41) is 0. The molecule has 1 saturated heterocycles. The van der Waals surface area contributed by atoms with Crippen LogP contribution in [0.3, 0.4) is 0 Å². The van der Waals surface area contributed by atoms with E-state index in [2.05, 4.69) is 4.90 Å². The molecule has 0 bridgehead atoms. The number of pyridine rings is 1. The second-order valence-electron chi connectivity index (χ2n) is 8.44. The van der Waals surface area contributed by atoms with E-state index < -0.39 is 5.97 Å². The Morgan fingerprint density at radius 2 is 2.00 bits per heavy atom. The van der Waals surface area contributed by atoms with Crippen LogP contribution in [-0.4, -0.2) is 62.1 Å². The lowest BCUT2D eigenvalue weighted by Crippen LogP contribution is -2.30. The molecule has 9 nitrogen and oxygen atoms in total. The molecule has 2 aliphatic rings. The third kappa shape index (κ3) is 5.66. The lowest BCUT2D eigenvalue weighted by Gasteiger charge is -2.24. The molecule has 180 valence electrons. The molecule has 0 saturated carbocycles. The first-order valence-corrected chi connectivity index (χ1v) is 11.5. The van der Waals surface area contributed by atoms with E-state index in [1.54, 1.807) is 11.7 Å². The van der Waals surface area contributed by atoms with Crippen LogP contribution < -0.4 is 10.3 Å². The van der Waals surface area contributed by atoms with Crippen molar-refractivity contribution >= 4 is 5.97 Å². The SMILES string of the molecule is COCc1ccc(CN2CCc3c(C(=O)OC)c(OC[C@H]4CCCCO4)cc(=O)n3CC2)o1. The summed E-state index contributed by atoms with van der Waals surface area (Å²) >= 11 is 0. The third-order valence-electron chi connectivity index (χ3n) is 6.16. The number of hydrogen-bond donors (Lipinski definition) is 0. The summed E-state index contributed by atoms with van der Waals surface area (Å²) in [4.78, 5) is 27.9. The highest BCUT2D eigenvalue weighted by Crippen LogP contribution is 2.25. The molecule has 2 aliphatic heterocycles. The Bertz CT molecular complexity index is 1010. The smallest absolute Gasteiger partial charge is 0.343 e. The second-order valence-corrected chi connectivity index (χ2v) is 8.44. The average Bonchev–Trinajstić information content (AvgIpc) is 3.16. The van der Waals surface area contributed by atoms with Gasteiger partial charge in [-0.3, -0.25) is 9.69 Å². The van der Waals surface area contributed by atoms with E-state index in [0.29, 0.717) is 63.7 Å². The molecule has 33 heavy (non-hydrogen) atoms. The van der Waals surface area contributed by atoms with Crippen molar-refractivity contribution in [1.82, 2.24) is 9.47 Å². The number of aromatic nitrogens is 1. The van der Waals surface area contributed by atoms with E-state index in [9.17, 15) is 9.59 Å². The highest BCUT2D eigenvalue weighted by Gasteiger charge is 2.27. The molecule has 2 aromatic heterocycles. The van der Waals surface area contributed by atoms with E-state index in [4.69, 9.17) is 23.4 Å². The number of esters is 1. The van der Waals surface area contributed by atoms with Gasteiger partial charge < -0.3 is 27.9 Å². The summed E-state index contributed by atoms with van der Waals surface area (Å²) in [5.41, 5.74) is 0.797. The first-order valence-electron chi connectivity index (χ1n) is 11.5. The molecule has 2 aromatic rings. The van der Waals surface area contributed by atoms with Crippen LogP contribution in [0.4, 0.5) is 0 Å². The molecule has 0 radical (unpaired) electrons. The summed E-state index contributed by atoms with van der Waals surface area (Å²) in [6, 6.07) is 5.25. The zero-order valence-corrected chi connectivity index (χ0v) is 19.3. The Kier molecular flexibility index (Phi) is 7.85. The van der Waals surface area contributed by atoms with Crippen LogP contribution in [0.1, 0.15) is 46.8 Å². The van der Waals surface area contributed by atoms with Crippen molar-refractivity contribution in [3.05, 3.63) is 51.3 Å². The zero-order chi connectivity index (χ0) is 23.2. The zero-order valence-electron chi connectivity index (χ0n) is 19.3. The van der Waals surface area contributed by atoms with Gasteiger partial charge in [0, 0.05) is 51.5 Å². The summed E-state index contributed by atoms with van der Waals surface area (Å²) in [7, 11) is 2.97. The van der Waals surface area contributed by atoms with Gasteiger partial charge in [0.1, 0.15) is 36.0 Å². The van der Waals surface area contributed by atoms with Crippen LogP contribution in [0.2, 0.25) is 0 Å². The normalized spacial score (nSPS) is 19.0. The van der Waals surface area contributed by atoms with Crippen LogP contribution in [0, 0.1) is 0 Å². The average molecular weight is 461 g/mol. The number of fused-ring (bicyclic) bond motifs is 1. The number of furan rings is 1. The fourth-order valence-corrected chi connectivity index (χ4v) is 4.46. The van der Waals surface area contributed by atoms with Crippen molar-refractivity contribution in [2.45, 2.75) is 51.5 Å². The molecular formula is C24H32N2O7. The minimum atomic E-state index is -0.498. The fraction of sp³-hybridized carbons (Fsp3) is 0.583. The molecule has 1 fully saturated rings. The van der Waals surface area contributed by atoms with E-state index in [0.717, 1.165) is 30.8 Å². The Balaban J connectivity index is 1.53. The standard InChI is InChI=1S/C24H32N2O7/c1-29-15-19-7-6-17(33-19)14-25-9-8-20-23(24(28)30-2)21(13-22(27)26(20)11-10-25)32-16-18-5-3-4-12-31-18/h6-7,13,18H,3-5,8-12,14-16H2,1-2H3/t18-/m1/s1. The number of carbonyl (C=O) groups excluding carboxylic acids is 1. The maximum atomic E-state index is 12.9. The maximum Gasteiger partial charge on any atom is 0.343 e. The molecule has 0 aromatic carbocycles. The molecule has 0 N–H and O–H groups in total. The second kappa shape index (κ2) is 11.0. The molecular weight excluding hydrogens is 428 g/mol. The predicted molar refractivity (Wildman–Crippen MR) is 120 cm³/mol. The fourth-order valence-electron chi connectivity index (χ4n) is 4.46. The van der Waals surface area contributed by atoms with Crippen molar-refractivity contribution in [3.8, 4) is 5.75 Å². The van der Waals surface area contributed by atoms with Crippen LogP contribution in [-0.2, 0) is 40.3 Å². The Morgan fingerprint density at radius 1 is 1.15 bits per heavy atom. The lowest BCUT2D eigenvalue weighted by atomic mass is 10.1. The van der Waals surface area contributed by atoms with Crippen LogP contribution in [0.25, 0.3) is 0 Å². The number of methoxy groups -OCH3 is 2. The van der Waals surface area contributed by atoms with Crippen molar-refractivity contribution in [2.75, 3.05) is 40.5 Å². The first-order chi connectivity index (χ1) is 16.1. The van der Waals surface area contributed by atoms with Gasteiger partial charge >= 0.3 is 5.97 Å². The summed E-state index contributed by atoms with van der Waals surface area (Å²) in [6.45, 7) is 3.85. The van der Waals surface area contributed by atoms with E-state index in [1.807, 2.05) is 12.1 Å². The molecule has 4 rings (SSSR count). The van der Waals surface area contributed by atoms with Gasteiger partial charge in [-0.05, 0) is 31.4 Å². The molecule has 0 spiro atoms. The molecule has 0 aliphatic carbocycles. The minimum absolute atomic E-state index is 0.0300. The van der Waals surface area contributed by atoms with Crippen LogP contribution in [0.5, 0.6) is 5.75 Å². The summed E-state index contributed by atoms with van der Waals surface area (Å²) < 4.78 is 29.3. The topological polar surface area (TPSA) is 92.4 Å². The largest absolute Gasteiger partial charge is 0.490 e. The van der Waals surface area contributed by atoms with Crippen molar-refractivity contribution in [2.24, 2.45) is 0 Å². The van der Waals surface area contributed by atoms with Gasteiger partial charge in [-0.15, -0.1) is 0 Å². The van der Waals surface area contributed by atoms with E-state index >= 15 is 0 Å². The van der Waals surface area contributed by atoms with Crippen molar-refractivity contribution < 1.29 is 28.2 Å². The van der Waals surface area contributed by atoms with Gasteiger partial charge in [0.05, 0.1) is 19.8 Å². The van der Waals surface area contributed by atoms with E-state index in [1.165, 1.54) is 13.2 Å². The minimum Gasteiger partial charge on any atom is -0.490 e. The number of nitrogens with zero attached hydrogens (tertiary/aromatic N) is 2. The number of carbonyl (C=O) groups is 1. The summed E-state index contributed by atoms with van der Waals surface area (Å²) in [5.74, 6) is 1.39. The summed E-state index contributed by atoms with van der Waals surface area (Å²) in [6.07, 6.45) is 3.53. The van der Waals surface area contributed by atoms with Gasteiger partial charge in [0.2, 0.25) is 0 Å². The first kappa shape index (κ1) is 23.5.